The van der Waals surface area contributed by atoms with E-state index >= 15 is 0 Å². The number of hydrogen-bond acceptors (Lipinski definition) is 2. The molecule has 0 amide bonds. The van der Waals surface area contributed by atoms with Crippen molar-refractivity contribution in [2.75, 3.05) is 4.90 Å². The quantitative estimate of drug-likeness (QED) is 0.717. The fraction of sp³-hybridized carbons (Fsp3) is 0.0526. The number of anilines is 2. The molecular formula is C19H15NOSe. The van der Waals surface area contributed by atoms with Gasteiger partial charge in [0.1, 0.15) is 0 Å². The number of nitrogens with zero attached hydrogens (tertiary/aromatic N) is 1. The van der Waals surface area contributed by atoms with Crippen LogP contribution in [0.5, 0.6) is 5.75 Å². The molecule has 0 aliphatic carbocycles. The minimum absolute atomic E-state index is 0.312. The number of phenols is 1. The van der Waals surface area contributed by atoms with Crippen LogP contribution in [0.3, 0.4) is 0 Å². The number of phenolic OH excluding ortho intramolecular Hbond substituents is 1. The van der Waals surface area contributed by atoms with Gasteiger partial charge in [-0.15, -0.1) is 0 Å². The molecule has 3 aromatic rings. The summed E-state index contributed by atoms with van der Waals surface area (Å²) < 4.78 is 2.85. The van der Waals surface area contributed by atoms with Crippen LogP contribution in [0.4, 0.5) is 11.4 Å². The summed E-state index contributed by atoms with van der Waals surface area (Å²) in [6.45, 7) is 0.810. The Balaban J connectivity index is 1.79. The molecule has 108 valence electrons. The van der Waals surface area contributed by atoms with E-state index in [1.165, 1.54) is 25.9 Å². The van der Waals surface area contributed by atoms with E-state index in [4.69, 9.17) is 0 Å². The first-order valence-corrected chi connectivity index (χ1v) is 8.94. The molecule has 0 atom stereocenters. The molecule has 0 fully saturated rings. The van der Waals surface area contributed by atoms with Gasteiger partial charge in [0.05, 0.1) is 0 Å². The Morgan fingerprint density at radius 3 is 1.86 bits per heavy atom. The number of para-hydroxylation sites is 2. The zero-order chi connectivity index (χ0) is 14.9. The number of hydrogen-bond donors (Lipinski definition) is 1. The third-order valence-corrected chi connectivity index (χ3v) is 6.18. The monoisotopic (exact) mass is 353 g/mol. The van der Waals surface area contributed by atoms with Crippen LogP contribution in [0.1, 0.15) is 5.56 Å². The van der Waals surface area contributed by atoms with E-state index in [0.29, 0.717) is 20.7 Å². The molecule has 22 heavy (non-hydrogen) atoms. The van der Waals surface area contributed by atoms with E-state index in [9.17, 15) is 5.11 Å². The van der Waals surface area contributed by atoms with Gasteiger partial charge in [0.2, 0.25) is 0 Å². The van der Waals surface area contributed by atoms with Gasteiger partial charge in [0.15, 0.2) is 0 Å². The summed E-state index contributed by atoms with van der Waals surface area (Å²) in [4.78, 5) is 2.38. The standard InChI is InChI=1S/C19H15NOSe/c21-15-11-9-14(10-12-15)13-20-16-5-1-3-7-18(16)22-19-8-4-2-6-17(19)20/h1-12,21H,13H2. The number of aromatic hydroxyl groups is 1. The van der Waals surface area contributed by atoms with E-state index in [2.05, 4.69) is 53.4 Å². The van der Waals surface area contributed by atoms with Gasteiger partial charge in [-0.2, -0.15) is 0 Å². The average Bonchev–Trinajstić information content (AvgIpc) is 2.56. The average molecular weight is 352 g/mol. The van der Waals surface area contributed by atoms with Crippen LogP contribution in [-0.4, -0.2) is 20.1 Å². The Hall–Kier alpha value is -2.22. The van der Waals surface area contributed by atoms with Crippen molar-refractivity contribution in [3.63, 3.8) is 0 Å². The number of rotatable bonds is 2. The molecule has 2 nitrogen and oxygen atoms in total. The number of fused-ring (bicyclic) bond motifs is 2. The van der Waals surface area contributed by atoms with Gasteiger partial charge in [-0.25, -0.2) is 0 Å². The van der Waals surface area contributed by atoms with Crippen molar-refractivity contribution in [3.05, 3.63) is 78.4 Å². The third-order valence-electron chi connectivity index (χ3n) is 3.81. The summed E-state index contributed by atoms with van der Waals surface area (Å²) in [6.07, 6.45) is 0. The van der Waals surface area contributed by atoms with Crippen molar-refractivity contribution < 1.29 is 5.11 Å². The predicted octanol–water partition coefficient (Wildman–Crippen LogP) is 2.70. The predicted molar refractivity (Wildman–Crippen MR) is 91.9 cm³/mol. The van der Waals surface area contributed by atoms with Gasteiger partial charge >= 0.3 is 136 Å². The van der Waals surface area contributed by atoms with E-state index < -0.39 is 0 Å². The molecule has 1 aliphatic heterocycles. The zero-order valence-electron chi connectivity index (χ0n) is 11.9. The molecule has 3 aromatic carbocycles. The molecule has 1 heterocycles. The van der Waals surface area contributed by atoms with Gasteiger partial charge in [0, 0.05) is 0 Å². The summed E-state index contributed by atoms with van der Waals surface area (Å²) in [5.41, 5.74) is 3.79. The third kappa shape index (κ3) is 2.39. The summed E-state index contributed by atoms with van der Waals surface area (Å²) >= 11 is 0.360. The normalized spacial score (nSPS) is 12.6. The Morgan fingerprint density at radius 2 is 1.27 bits per heavy atom. The van der Waals surface area contributed by atoms with Gasteiger partial charge < -0.3 is 0 Å². The summed E-state index contributed by atoms with van der Waals surface area (Å²) in [5, 5.41) is 9.47. The molecule has 0 radical (unpaired) electrons. The Kier molecular flexibility index (Phi) is 3.38. The van der Waals surface area contributed by atoms with Crippen LogP contribution in [0.15, 0.2) is 72.8 Å². The first-order chi connectivity index (χ1) is 10.8. The van der Waals surface area contributed by atoms with E-state index in [1.807, 2.05) is 12.1 Å². The Morgan fingerprint density at radius 1 is 0.727 bits per heavy atom. The van der Waals surface area contributed by atoms with Crippen molar-refractivity contribution in [3.8, 4) is 5.75 Å². The summed E-state index contributed by atoms with van der Waals surface area (Å²) in [5.74, 6) is 0.312. The van der Waals surface area contributed by atoms with Crippen LogP contribution in [0, 0.1) is 0 Å². The Bertz CT molecular complexity index is 768. The second kappa shape index (κ2) is 5.52. The van der Waals surface area contributed by atoms with Crippen molar-refractivity contribution in [2.45, 2.75) is 6.54 Å². The summed E-state index contributed by atoms with van der Waals surface area (Å²) in [6, 6.07) is 24.8. The van der Waals surface area contributed by atoms with Crippen LogP contribution in [0.25, 0.3) is 0 Å². The topological polar surface area (TPSA) is 23.5 Å². The molecule has 0 saturated carbocycles. The molecule has 0 unspecified atom stereocenters. The number of benzene rings is 3. The molecule has 1 aliphatic rings. The van der Waals surface area contributed by atoms with E-state index in [-0.39, 0.29) is 0 Å². The van der Waals surface area contributed by atoms with Crippen LogP contribution in [0.2, 0.25) is 0 Å². The molecule has 0 saturated heterocycles. The van der Waals surface area contributed by atoms with Crippen LogP contribution < -0.4 is 13.8 Å². The molecule has 0 aromatic heterocycles. The van der Waals surface area contributed by atoms with Crippen molar-refractivity contribution in [1.29, 1.82) is 0 Å². The molecule has 0 spiro atoms. The first kappa shape index (κ1) is 13.4. The zero-order valence-corrected chi connectivity index (χ0v) is 13.7. The minimum atomic E-state index is 0.312. The van der Waals surface area contributed by atoms with Crippen molar-refractivity contribution in [2.24, 2.45) is 0 Å². The first-order valence-electron chi connectivity index (χ1n) is 7.22. The molecule has 4 rings (SSSR count). The second-order valence-corrected chi connectivity index (χ2v) is 7.56. The van der Waals surface area contributed by atoms with E-state index in [0.717, 1.165) is 6.54 Å². The maximum absolute atomic E-state index is 9.47. The fourth-order valence-electron chi connectivity index (χ4n) is 2.74. The van der Waals surface area contributed by atoms with Crippen molar-refractivity contribution >= 4 is 35.3 Å². The second-order valence-electron chi connectivity index (χ2n) is 5.29. The van der Waals surface area contributed by atoms with Crippen molar-refractivity contribution in [1.82, 2.24) is 0 Å². The SMILES string of the molecule is Oc1ccc(CN2c3ccccc3[Se]c3ccccc32)cc1. The molecule has 0 bridgehead atoms. The molecule has 3 heteroatoms. The Labute approximate surface area is 136 Å². The molecular weight excluding hydrogens is 337 g/mol. The van der Waals surface area contributed by atoms with Gasteiger partial charge in [-0.3, -0.25) is 0 Å². The van der Waals surface area contributed by atoms with Gasteiger partial charge in [-0.05, 0) is 0 Å². The fourth-order valence-corrected chi connectivity index (χ4v) is 5.03. The maximum atomic E-state index is 9.47. The molecule has 1 N–H and O–H groups in total. The summed E-state index contributed by atoms with van der Waals surface area (Å²) in [7, 11) is 0. The van der Waals surface area contributed by atoms with Crippen LogP contribution >= 0.6 is 0 Å². The van der Waals surface area contributed by atoms with Gasteiger partial charge in [-0.1, -0.05) is 0 Å². The van der Waals surface area contributed by atoms with E-state index in [1.54, 1.807) is 12.1 Å². The van der Waals surface area contributed by atoms with Gasteiger partial charge in [0.25, 0.3) is 0 Å². The van der Waals surface area contributed by atoms with Crippen LogP contribution in [-0.2, 0) is 6.54 Å².